The van der Waals surface area contributed by atoms with E-state index in [2.05, 4.69) is 34.8 Å². The Morgan fingerprint density at radius 1 is 1.53 bits per heavy atom. The third kappa shape index (κ3) is 4.20. The Labute approximate surface area is 100 Å². The lowest BCUT2D eigenvalue weighted by atomic mass is 10.1. The molecule has 3 heteroatoms. The Morgan fingerprint density at radius 3 is 2.87 bits per heavy atom. The van der Waals surface area contributed by atoms with Crippen LogP contribution in [0.4, 0.5) is 0 Å². The van der Waals surface area contributed by atoms with Gasteiger partial charge in [0.05, 0.1) is 11.1 Å². The van der Waals surface area contributed by atoms with Crippen molar-refractivity contribution < 1.29 is 4.74 Å². The quantitative estimate of drug-likeness (QED) is 0.809. The van der Waals surface area contributed by atoms with Gasteiger partial charge in [-0.05, 0) is 46.8 Å². The number of ether oxygens (including phenoxy) is 1. The molecule has 0 aliphatic rings. The molecule has 0 aromatic carbocycles. The maximum atomic E-state index is 5.65. The molecular formula is C12H18BrNO. The molecule has 84 valence electrons. The van der Waals surface area contributed by atoms with E-state index in [0.29, 0.717) is 11.8 Å². The van der Waals surface area contributed by atoms with E-state index in [9.17, 15) is 0 Å². The third-order valence-electron chi connectivity index (χ3n) is 2.23. The second kappa shape index (κ2) is 6.11. The molecular weight excluding hydrogens is 254 g/mol. The van der Waals surface area contributed by atoms with Crippen LogP contribution in [0.15, 0.2) is 16.7 Å². The first-order valence-corrected chi connectivity index (χ1v) is 6.17. The summed E-state index contributed by atoms with van der Waals surface area (Å²) in [7, 11) is 0. The molecule has 0 N–H and O–H groups in total. The van der Waals surface area contributed by atoms with Gasteiger partial charge in [0, 0.05) is 6.20 Å². The number of hydrogen-bond donors (Lipinski definition) is 0. The topological polar surface area (TPSA) is 22.1 Å². The highest BCUT2D eigenvalue weighted by atomic mass is 79.9. The molecule has 1 heterocycles. The normalized spacial score (nSPS) is 12.5. The van der Waals surface area contributed by atoms with Gasteiger partial charge in [-0.2, -0.15) is 0 Å². The van der Waals surface area contributed by atoms with Gasteiger partial charge in [-0.25, -0.2) is 4.98 Å². The van der Waals surface area contributed by atoms with E-state index in [1.807, 2.05) is 19.2 Å². The van der Waals surface area contributed by atoms with Crippen molar-refractivity contribution in [2.45, 2.75) is 33.6 Å². The van der Waals surface area contributed by atoms with E-state index < -0.39 is 0 Å². The van der Waals surface area contributed by atoms with Crippen LogP contribution in [0, 0.1) is 12.8 Å². The minimum atomic E-state index is 0.588. The van der Waals surface area contributed by atoms with Crippen molar-refractivity contribution in [3.8, 4) is 5.88 Å². The van der Waals surface area contributed by atoms with E-state index >= 15 is 0 Å². The number of rotatable bonds is 5. The third-order valence-corrected chi connectivity index (χ3v) is 2.80. The van der Waals surface area contributed by atoms with Gasteiger partial charge in [0.25, 0.3) is 0 Å². The summed E-state index contributed by atoms with van der Waals surface area (Å²) in [6, 6.07) is 2.02. The van der Waals surface area contributed by atoms with Crippen LogP contribution in [0.3, 0.4) is 0 Å². The highest BCUT2D eigenvalue weighted by molar-refractivity contribution is 9.10. The Kier molecular flexibility index (Phi) is 5.09. The van der Waals surface area contributed by atoms with Crippen molar-refractivity contribution in [3.63, 3.8) is 0 Å². The largest absolute Gasteiger partial charge is 0.477 e. The van der Waals surface area contributed by atoms with E-state index in [1.165, 1.54) is 12.8 Å². The molecule has 0 saturated carbocycles. The van der Waals surface area contributed by atoms with Gasteiger partial charge in [0.2, 0.25) is 5.88 Å². The molecule has 0 aliphatic carbocycles. The highest BCUT2D eigenvalue weighted by Crippen LogP contribution is 2.23. The average molecular weight is 272 g/mol. The molecule has 0 amide bonds. The number of nitrogens with zero attached hydrogens (tertiary/aromatic N) is 1. The van der Waals surface area contributed by atoms with Crippen LogP contribution < -0.4 is 4.74 Å². The first kappa shape index (κ1) is 12.5. The van der Waals surface area contributed by atoms with Crippen LogP contribution in [-0.4, -0.2) is 11.6 Å². The van der Waals surface area contributed by atoms with Crippen molar-refractivity contribution in [2.75, 3.05) is 6.61 Å². The lowest BCUT2D eigenvalue weighted by Gasteiger charge is -2.12. The lowest BCUT2D eigenvalue weighted by molar-refractivity contribution is 0.241. The number of hydrogen-bond acceptors (Lipinski definition) is 2. The summed E-state index contributed by atoms with van der Waals surface area (Å²) in [6.45, 7) is 7.14. The van der Waals surface area contributed by atoms with Gasteiger partial charge in [-0.15, -0.1) is 0 Å². The lowest BCUT2D eigenvalue weighted by Crippen LogP contribution is -2.09. The van der Waals surface area contributed by atoms with Crippen molar-refractivity contribution in [2.24, 2.45) is 5.92 Å². The summed E-state index contributed by atoms with van der Waals surface area (Å²) < 4.78 is 6.58. The second-order valence-corrected chi connectivity index (χ2v) is 4.86. The average Bonchev–Trinajstić information content (AvgIpc) is 2.17. The minimum Gasteiger partial charge on any atom is -0.477 e. The maximum absolute atomic E-state index is 5.65. The zero-order chi connectivity index (χ0) is 11.3. The summed E-state index contributed by atoms with van der Waals surface area (Å²) in [4.78, 5) is 4.24. The predicted molar refractivity (Wildman–Crippen MR) is 66.2 cm³/mol. The summed E-state index contributed by atoms with van der Waals surface area (Å²) in [5.41, 5.74) is 1.14. The number of aromatic nitrogens is 1. The Balaban J connectivity index is 2.50. The van der Waals surface area contributed by atoms with Crippen LogP contribution in [0.5, 0.6) is 5.88 Å². The first-order valence-electron chi connectivity index (χ1n) is 5.38. The monoisotopic (exact) mass is 271 g/mol. The van der Waals surface area contributed by atoms with Gasteiger partial charge in [-0.1, -0.05) is 20.3 Å². The van der Waals surface area contributed by atoms with Gasteiger partial charge in [0.15, 0.2) is 0 Å². The summed E-state index contributed by atoms with van der Waals surface area (Å²) in [5, 5.41) is 0. The maximum Gasteiger partial charge on any atom is 0.227 e. The van der Waals surface area contributed by atoms with E-state index in [0.717, 1.165) is 16.6 Å². The van der Waals surface area contributed by atoms with Crippen molar-refractivity contribution in [1.82, 2.24) is 4.98 Å². The smallest absolute Gasteiger partial charge is 0.227 e. The van der Waals surface area contributed by atoms with Crippen LogP contribution in [0.25, 0.3) is 0 Å². The highest BCUT2D eigenvalue weighted by Gasteiger charge is 2.06. The van der Waals surface area contributed by atoms with Crippen molar-refractivity contribution in [1.29, 1.82) is 0 Å². The standard InChI is InChI=1S/C12H18BrNO/c1-4-5-9(2)8-15-12-11(13)6-10(3)7-14-12/h6-7,9H,4-5,8H2,1-3H3. The zero-order valence-corrected chi connectivity index (χ0v) is 11.2. The van der Waals surface area contributed by atoms with Crippen LogP contribution in [0.2, 0.25) is 0 Å². The summed E-state index contributed by atoms with van der Waals surface area (Å²) >= 11 is 3.45. The van der Waals surface area contributed by atoms with Gasteiger partial charge >= 0.3 is 0 Å². The Morgan fingerprint density at radius 2 is 2.27 bits per heavy atom. The molecule has 0 aliphatic heterocycles. The van der Waals surface area contributed by atoms with Crippen LogP contribution >= 0.6 is 15.9 Å². The number of pyridine rings is 1. The molecule has 15 heavy (non-hydrogen) atoms. The molecule has 1 unspecified atom stereocenters. The first-order chi connectivity index (χ1) is 7.13. The summed E-state index contributed by atoms with van der Waals surface area (Å²) in [6.07, 6.45) is 4.22. The number of halogens is 1. The Hall–Kier alpha value is -0.570. The fourth-order valence-electron chi connectivity index (χ4n) is 1.42. The molecule has 0 spiro atoms. The van der Waals surface area contributed by atoms with Crippen molar-refractivity contribution in [3.05, 3.63) is 22.3 Å². The molecule has 0 radical (unpaired) electrons. The van der Waals surface area contributed by atoms with Crippen molar-refractivity contribution >= 4 is 15.9 Å². The van der Waals surface area contributed by atoms with E-state index in [4.69, 9.17) is 4.74 Å². The molecule has 0 bridgehead atoms. The predicted octanol–water partition coefficient (Wildman–Crippen LogP) is 3.97. The molecule has 1 atom stereocenters. The van der Waals surface area contributed by atoms with E-state index in [-0.39, 0.29) is 0 Å². The fraction of sp³-hybridized carbons (Fsp3) is 0.583. The summed E-state index contributed by atoms with van der Waals surface area (Å²) in [5.74, 6) is 1.29. The molecule has 0 saturated heterocycles. The van der Waals surface area contributed by atoms with Gasteiger partial charge in [-0.3, -0.25) is 0 Å². The van der Waals surface area contributed by atoms with Gasteiger partial charge in [0.1, 0.15) is 0 Å². The second-order valence-electron chi connectivity index (χ2n) is 4.00. The zero-order valence-electron chi connectivity index (χ0n) is 9.59. The Bertz CT molecular complexity index is 314. The molecule has 1 rings (SSSR count). The molecule has 1 aromatic rings. The number of aryl methyl sites for hydroxylation is 1. The molecule has 1 aromatic heterocycles. The van der Waals surface area contributed by atoms with Gasteiger partial charge < -0.3 is 4.74 Å². The van der Waals surface area contributed by atoms with E-state index in [1.54, 1.807) is 0 Å². The minimum absolute atomic E-state index is 0.588. The molecule has 0 fully saturated rings. The molecule has 2 nitrogen and oxygen atoms in total. The van der Waals surface area contributed by atoms with Crippen LogP contribution in [0.1, 0.15) is 32.3 Å². The fourth-order valence-corrected chi connectivity index (χ4v) is 2.00. The SMILES string of the molecule is CCCC(C)COc1ncc(C)cc1Br. The van der Waals surface area contributed by atoms with Crippen LogP contribution in [-0.2, 0) is 0 Å².